The van der Waals surface area contributed by atoms with Crippen LogP contribution < -0.4 is 0 Å². The summed E-state index contributed by atoms with van der Waals surface area (Å²) in [5.41, 5.74) is 0. The van der Waals surface area contributed by atoms with Crippen LogP contribution in [-0.4, -0.2) is 10.5 Å². The highest BCUT2D eigenvalue weighted by atomic mass is 16.0. The van der Waals surface area contributed by atoms with E-state index in [-0.39, 0.29) is 5.48 Å². The monoisotopic (exact) mass is 138 g/mol. The first kappa shape index (κ1) is 11.4. The summed E-state index contributed by atoms with van der Waals surface area (Å²) in [7, 11) is 0. The van der Waals surface area contributed by atoms with E-state index in [2.05, 4.69) is 4.98 Å². The van der Waals surface area contributed by atoms with E-state index in [4.69, 9.17) is 5.26 Å². The van der Waals surface area contributed by atoms with Gasteiger partial charge in [0, 0.05) is 19.3 Å². The van der Waals surface area contributed by atoms with Gasteiger partial charge in [0.1, 0.15) is 0 Å². The molecule has 0 saturated heterocycles. The highest BCUT2D eigenvalue weighted by molar-refractivity contribution is 4.88. The van der Waals surface area contributed by atoms with E-state index in [0.29, 0.717) is 0 Å². The summed E-state index contributed by atoms with van der Waals surface area (Å²) in [6.45, 7) is 1.43. The first-order valence-corrected chi connectivity index (χ1v) is 2.57. The third-order valence-corrected chi connectivity index (χ3v) is 0.566. The molecule has 0 fully saturated rings. The zero-order valence-electron chi connectivity index (χ0n) is 5.78. The molecule has 1 rings (SSSR count). The molecule has 0 amide bonds. The Hall–Kier alpha value is -1.40. The normalized spacial score (nSPS) is 5.60. The molecule has 3 heteroatoms. The van der Waals surface area contributed by atoms with Crippen LogP contribution in [0.5, 0.6) is 0 Å². The molecule has 1 aromatic rings. The lowest BCUT2D eigenvalue weighted by molar-refractivity contribution is 0.824. The summed E-state index contributed by atoms with van der Waals surface area (Å²) in [5.74, 6) is 0. The van der Waals surface area contributed by atoms with E-state index in [9.17, 15) is 0 Å². The molecule has 0 spiro atoms. The van der Waals surface area contributed by atoms with Crippen molar-refractivity contribution in [2.24, 2.45) is 0 Å². The second kappa shape index (κ2) is 10.6. The average Bonchev–Trinajstić information content (AvgIpc) is 1.93. The third-order valence-electron chi connectivity index (χ3n) is 0.566. The minimum atomic E-state index is 0. The van der Waals surface area contributed by atoms with Gasteiger partial charge < -0.3 is 5.48 Å². The molecule has 3 nitrogen and oxygen atoms in total. The van der Waals surface area contributed by atoms with E-state index in [1.54, 1.807) is 18.5 Å². The van der Waals surface area contributed by atoms with E-state index >= 15 is 0 Å². The van der Waals surface area contributed by atoms with Gasteiger partial charge in [0.2, 0.25) is 0 Å². The maximum Gasteiger partial charge on any atom is 0.0587 e. The molecule has 1 heterocycles. The Morgan fingerprint density at radius 1 is 1.20 bits per heavy atom. The number of hydrogen-bond donors (Lipinski definition) is 0. The van der Waals surface area contributed by atoms with Gasteiger partial charge in [-0.1, -0.05) is 6.07 Å². The van der Waals surface area contributed by atoms with Crippen LogP contribution >= 0.6 is 0 Å². The minimum Gasteiger partial charge on any atom is -0.412 e. The van der Waals surface area contributed by atoms with Crippen molar-refractivity contribution >= 4 is 0 Å². The van der Waals surface area contributed by atoms with Gasteiger partial charge in [-0.2, -0.15) is 5.26 Å². The molecule has 0 saturated carbocycles. The third kappa shape index (κ3) is 9.78. The highest BCUT2D eigenvalue weighted by Crippen LogP contribution is 1.73. The number of pyridine rings is 1. The maximum absolute atomic E-state index is 7.32. The fourth-order valence-corrected chi connectivity index (χ4v) is 0.313. The van der Waals surface area contributed by atoms with Crippen LogP contribution in [0.1, 0.15) is 6.92 Å². The predicted octanol–water partition coefficient (Wildman–Crippen LogP) is 0.787. The number of hydrogen-bond acceptors (Lipinski definition) is 2. The number of rotatable bonds is 0. The molecule has 0 bridgehead atoms. The average molecular weight is 138 g/mol. The second-order valence-electron chi connectivity index (χ2n) is 1.25. The Labute approximate surface area is 60.3 Å². The second-order valence-corrected chi connectivity index (χ2v) is 1.25. The molecule has 0 aliphatic heterocycles. The number of nitrogens with zero attached hydrogens (tertiary/aromatic N) is 2. The van der Waals surface area contributed by atoms with Crippen molar-refractivity contribution in [1.29, 1.82) is 5.26 Å². The fraction of sp³-hybridized carbons (Fsp3) is 0.143. The Morgan fingerprint density at radius 2 is 1.60 bits per heavy atom. The molecule has 10 heavy (non-hydrogen) atoms. The summed E-state index contributed by atoms with van der Waals surface area (Å²) < 4.78 is 0. The Morgan fingerprint density at radius 3 is 1.70 bits per heavy atom. The topological polar surface area (TPSA) is 68.2 Å². The first-order chi connectivity index (χ1) is 4.41. The lowest BCUT2D eigenvalue weighted by atomic mass is 10.5. The van der Waals surface area contributed by atoms with Crippen molar-refractivity contribution in [3.63, 3.8) is 0 Å². The molecule has 54 valence electrons. The van der Waals surface area contributed by atoms with Crippen molar-refractivity contribution in [2.75, 3.05) is 0 Å². The van der Waals surface area contributed by atoms with E-state index < -0.39 is 0 Å². The molecule has 0 unspecified atom stereocenters. The van der Waals surface area contributed by atoms with Gasteiger partial charge in [0.05, 0.1) is 6.07 Å². The lowest BCUT2D eigenvalue weighted by Gasteiger charge is -1.70. The van der Waals surface area contributed by atoms with Crippen LogP contribution in [0.3, 0.4) is 0 Å². The largest absolute Gasteiger partial charge is 0.412 e. The van der Waals surface area contributed by atoms with Crippen LogP contribution in [0.4, 0.5) is 0 Å². The van der Waals surface area contributed by atoms with Gasteiger partial charge in [0.15, 0.2) is 0 Å². The summed E-state index contributed by atoms with van der Waals surface area (Å²) in [4.78, 5) is 3.78. The van der Waals surface area contributed by atoms with Crippen LogP contribution in [0.2, 0.25) is 0 Å². The van der Waals surface area contributed by atoms with E-state index in [1.807, 2.05) is 18.2 Å². The van der Waals surface area contributed by atoms with Crippen LogP contribution in [0.15, 0.2) is 30.6 Å². The van der Waals surface area contributed by atoms with Crippen molar-refractivity contribution in [2.45, 2.75) is 6.92 Å². The zero-order chi connectivity index (χ0) is 6.95. The van der Waals surface area contributed by atoms with Gasteiger partial charge in [0.25, 0.3) is 0 Å². The van der Waals surface area contributed by atoms with Gasteiger partial charge >= 0.3 is 0 Å². The Kier molecular flexibility index (Phi) is 12.0. The number of nitriles is 1. The van der Waals surface area contributed by atoms with Crippen molar-refractivity contribution in [3.8, 4) is 6.07 Å². The Balaban J connectivity index is 0. The molecular formula is C7H10N2O. The maximum atomic E-state index is 7.32. The van der Waals surface area contributed by atoms with Gasteiger partial charge in [-0.25, -0.2) is 0 Å². The van der Waals surface area contributed by atoms with E-state index in [0.717, 1.165) is 0 Å². The SMILES string of the molecule is CC#N.O.c1ccncc1. The highest BCUT2D eigenvalue weighted by Gasteiger charge is 1.58. The van der Waals surface area contributed by atoms with E-state index in [1.165, 1.54) is 6.92 Å². The summed E-state index contributed by atoms with van der Waals surface area (Å²) in [5, 5.41) is 7.32. The number of aromatic nitrogens is 1. The molecule has 0 aliphatic rings. The predicted molar refractivity (Wildman–Crippen MR) is 39.1 cm³/mol. The quantitative estimate of drug-likeness (QED) is 0.531. The standard InChI is InChI=1S/C5H5N.C2H3N.H2O/c1-2-4-6-5-3-1;1-2-3;/h1-5H;1H3;1H2. The lowest BCUT2D eigenvalue weighted by Crippen LogP contribution is -1.58. The molecular weight excluding hydrogens is 128 g/mol. The smallest absolute Gasteiger partial charge is 0.0587 e. The van der Waals surface area contributed by atoms with Gasteiger partial charge in [-0.3, -0.25) is 4.98 Å². The molecule has 0 aromatic carbocycles. The van der Waals surface area contributed by atoms with Crippen LogP contribution in [0.25, 0.3) is 0 Å². The van der Waals surface area contributed by atoms with Crippen LogP contribution in [0, 0.1) is 11.3 Å². The molecule has 0 aliphatic carbocycles. The minimum absolute atomic E-state index is 0. The van der Waals surface area contributed by atoms with Crippen molar-refractivity contribution in [3.05, 3.63) is 30.6 Å². The first-order valence-electron chi connectivity index (χ1n) is 2.57. The molecule has 0 radical (unpaired) electrons. The molecule has 2 N–H and O–H groups in total. The van der Waals surface area contributed by atoms with Crippen LogP contribution in [-0.2, 0) is 0 Å². The fourth-order valence-electron chi connectivity index (χ4n) is 0.313. The summed E-state index contributed by atoms with van der Waals surface area (Å²) in [6.07, 6.45) is 3.50. The molecule has 1 aromatic heterocycles. The van der Waals surface area contributed by atoms with Gasteiger partial charge in [-0.15, -0.1) is 0 Å². The zero-order valence-corrected chi connectivity index (χ0v) is 5.78. The summed E-state index contributed by atoms with van der Waals surface area (Å²) in [6, 6.07) is 7.47. The Bertz CT molecular complexity index is 142. The summed E-state index contributed by atoms with van der Waals surface area (Å²) >= 11 is 0. The van der Waals surface area contributed by atoms with Crippen molar-refractivity contribution < 1.29 is 5.48 Å². The van der Waals surface area contributed by atoms with Gasteiger partial charge in [-0.05, 0) is 12.1 Å². The van der Waals surface area contributed by atoms with Crippen molar-refractivity contribution in [1.82, 2.24) is 4.98 Å². The molecule has 0 atom stereocenters.